The van der Waals surface area contributed by atoms with E-state index in [1.165, 1.54) is 6.20 Å². The maximum Gasteiger partial charge on any atom is 0.312 e. The summed E-state index contributed by atoms with van der Waals surface area (Å²) in [5, 5.41) is 9.41. The molecule has 0 N–H and O–H groups in total. The highest BCUT2D eigenvalue weighted by Gasteiger charge is 2.41. The predicted molar refractivity (Wildman–Crippen MR) is 69.4 cm³/mol. The van der Waals surface area contributed by atoms with Gasteiger partial charge in [-0.1, -0.05) is 0 Å². The van der Waals surface area contributed by atoms with Gasteiger partial charge in [0.1, 0.15) is 17.1 Å². The van der Waals surface area contributed by atoms with Crippen LogP contribution in [0.1, 0.15) is 6.42 Å². The van der Waals surface area contributed by atoms with Crippen LogP contribution < -0.4 is 4.90 Å². The van der Waals surface area contributed by atoms with E-state index >= 15 is 0 Å². The third-order valence-corrected chi connectivity index (χ3v) is 4.50. The highest BCUT2D eigenvalue weighted by Crippen LogP contribution is 2.38. The molecule has 1 aliphatic rings. The van der Waals surface area contributed by atoms with Gasteiger partial charge in [0.05, 0.1) is 9.40 Å². The number of nitro groups is 1. The highest BCUT2D eigenvalue weighted by atomic mass is 79.9. The topological polar surface area (TPSA) is 110 Å². The summed E-state index contributed by atoms with van der Waals surface area (Å²) in [6, 6.07) is 0. The lowest BCUT2D eigenvalue weighted by atomic mass is 10.3. The minimum Gasteiger partial charge on any atom is -0.304 e. The van der Waals surface area contributed by atoms with E-state index in [2.05, 4.69) is 20.9 Å². The zero-order valence-electron chi connectivity index (χ0n) is 9.69. The fourth-order valence-electron chi connectivity index (χ4n) is 1.90. The van der Waals surface area contributed by atoms with E-state index in [1.807, 2.05) is 0 Å². The summed E-state index contributed by atoms with van der Waals surface area (Å²) in [6.07, 6.45) is 1.61. The molecule has 0 aliphatic carbocycles. The first-order chi connectivity index (χ1) is 9.21. The summed E-state index contributed by atoms with van der Waals surface area (Å²) >= 11 is 3.02. The van der Waals surface area contributed by atoms with Crippen molar-refractivity contribution in [3.63, 3.8) is 0 Å². The van der Waals surface area contributed by atoms with E-state index in [0.29, 0.717) is 0 Å². The monoisotopic (exact) mass is 367 g/mol. The molecule has 20 heavy (non-hydrogen) atoms. The van der Waals surface area contributed by atoms with E-state index in [0.717, 1.165) is 11.1 Å². The van der Waals surface area contributed by atoms with Crippen molar-refractivity contribution in [2.45, 2.75) is 11.7 Å². The van der Waals surface area contributed by atoms with E-state index in [9.17, 15) is 27.2 Å². The Labute approximate surface area is 121 Å². The molecule has 0 radical (unpaired) electrons. The third kappa shape index (κ3) is 2.63. The van der Waals surface area contributed by atoms with Crippen LogP contribution in [0.4, 0.5) is 15.3 Å². The molecule has 1 fully saturated rings. The molecule has 2 rings (SSSR count). The molecule has 0 spiro atoms. The van der Waals surface area contributed by atoms with Gasteiger partial charge >= 0.3 is 15.9 Å². The zero-order valence-corrected chi connectivity index (χ0v) is 12.1. The second kappa shape index (κ2) is 5.05. The lowest BCUT2D eigenvalue weighted by Crippen LogP contribution is -2.28. The second-order valence-corrected chi connectivity index (χ2v) is 6.52. The molecule has 1 saturated heterocycles. The van der Waals surface area contributed by atoms with Crippen LogP contribution >= 0.6 is 15.9 Å². The smallest absolute Gasteiger partial charge is 0.304 e. The van der Waals surface area contributed by atoms with E-state index in [1.54, 1.807) is 0 Å². The van der Waals surface area contributed by atoms with Crippen molar-refractivity contribution >= 4 is 43.4 Å². The Hall–Kier alpha value is -1.62. The van der Waals surface area contributed by atoms with Crippen molar-refractivity contribution in [3.8, 4) is 0 Å². The lowest BCUT2D eigenvalue weighted by Gasteiger charge is -2.17. The zero-order chi connectivity index (χ0) is 15.1. The highest BCUT2D eigenvalue weighted by molar-refractivity contribution is 9.10. The number of nitrogens with zero attached hydrogens (tertiary/aromatic N) is 3. The molecule has 1 aliphatic heterocycles. The van der Waals surface area contributed by atoms with Crippen molar-refractivity contribution in [3.05, 3.63) is 27.0 Å². The summed E-state index contributed by atoms with van der Waals surface area (Å²) in [4.78, 5) is 26.5. The van der Waals surface area contributed by atoms with E-state index < -0.39 is 45.0 Å². The van der Waals surface area contributed by atoms with Gasteiger partial charge in [-0.05, 0) is 15.9 Å². The molecule has 0 aromatic carbocycles. The molecule has 11 heteroatoms. The van der Waals surface area contributed by atoms with Gasteiger partial charge in [-0.2, -0.15) is 8.42 Å². The molecule has 2 heterocycles. The number of anilines is 1. The van der Waals surface area contributed by atoms with Crippen LogP contribution in [0, 0.1) is 10.1 Å². The van der Waals surface area contributed by atoms with Crippen molar-refractivity contribution in [1.29, 1.82) is 0 Å². The third-order valence-electron chi connectivity index (χ3n) is 2.81. The van der Waals surface area contributed by atoms with Gasteiger partial charge in [-0.25, -0.2) is 0 Å². The quantitative estimate of drug-likeness (QED) is 0.450. The number of carbonyl (C=O) groups is 1. The fourth-order valence-corrected chi connectivity index (χ4v) is 3.10. The SMILES string of the molecule is O=C1CC(S(=O)(=O)F)CN1c1c(Br)cncc1[N+](=O)[O-]. The summed E-state index contributed by atoms with van der Waals surface area (Å²) in [7, 11) is -4.89. The molecule has 1 aromatic rings. The number of carbonyl (C=O) groups excluding carboxylic acids is 1. The van der Waals surface area contributed by atoms with Gasteiger partial charge in [-0.3, -0.25) is 19.9 Å². The number of hydrogen-bond donors (Lipinski definition) is 0. The van der Waals surface area contributed by atoms with E-state index in [-0.39, 0.29) is 10.2 Å². The first-order valence-corrected chi connectivity index (χ1v) is 7.47. The average molecular weight is 368 g/mol. The molecule has 108 valence electrons. The summed E-state index contributed by atoms with van der Waals surface area (Å²) in [5.41, 5.74) is -0.592. The average Bonchev–Trinajstić information content (AvgIpc) is 2.70. The van der Waals surface area contributed by atoms with Crippen LogP contribution in [0.25, 0.3) is 0 Å². The molecule has 1 aromatic heterocycles. The summed E-state index contributed by atoms with van der Waals surface area (Å²) < 4.78 is 34.8. The summed E-state index contributed by atoms with van der Waals surface area (Å²) in [5.74, 6) is -0.703. The number of aromatic nitrogens is 1. The molecule has 0 saturated carbocycles. The number of rotatable bonds is 3. The Morgan fingerprint density at radius 1 is 1.50 bits per heavy atom. The maximum absolute atomic E-state index is 13.0. The molecule has 8 nitrogen and oxygen atoms in total. The fraction of sp³-hybridized carbons (Fsp3) is 0.333. The molecular weight excluding hydrogens is 361 g/mol. The maximum atomic E-state index is 13.0. The van der Waals surface area contributed by atoms with Gasteiger partial charge in [0.2, 0.25) is 5.91 Å². The van der Waals surface area contributed by atoms with Crippen molar-refractivity contribution in [1.82, 2.24) is 4.98 Å². The van der Waals surface area contributed by atoms with Gasteiger partial charge in [-0.15, -0.1) is 3.89 Å². The standard InChI is InChI=1S/C9H7BrFN3O5S/c10-6-2-12-3-7(14(16)17)9(6)13-4-5(1-8(13)15)20(11,18)19/h2-3,5H,1,4H2. The van der Waals surface area contributed by atoms with Crippen molar-refractivity contribution in [2.24, 2.45) is 0 Å². The van der Waals surface area contributed by atoms with Crippen molar-refractivity contribution < 1.29 is 22.0 Å². The van der Waals surface area contributed by atoms with Crippen LogP contribution in [-0.4, -0.2) is 36.0 Å². The number of halogens is 2. The largest absolute Gasteiger partial charge is 0.312 e. The Kier molecular flexibility index (Phi) is 3.73. The minimum atomic E-state index is -4.89. The second-order valence-electron chi connectivity index (χ2n) is 4.05. The van der Waals surface area contributed by atoms with E-state index in [4.69, 9.17) is 0 Å². The molecule has 1 amide bonds. The Morgan fingerprint density at radius 3 is 2.65 bits per heavy atom. The Balaban J connectivity index is 2.48. The normalized spacial score (nSPS) is 19.4. The van der Waals surface area contributed by atoms with Crippen LogP contribution in [0.15, 0.2) is 16.9 Å². The minimum absolute atomic E-state index is 0.124. The lowest BCUT2D eigenvalue weighted by molar-refractivity contribution is -0.384. The first kappa shape index (κ1) is 14.8. The van der Waals surface area contributed by atoms with Gasteiger partial charge < -0.3 is 4.90 Å². The summed E-state index contributed by atoms with van der Waals surface area (Å²) in [6.45, 7) is -0.471. The number of pyridine rings is 1. The van der Waals surface area contributed by atoms with Crippen LogP contribution in [0.2, 0.25) is 0 Å². The van der Waals surface area contributed by atoms with Crippen LogP contribution in [0.3, 0.4) is 0 Å². The Bertz CT molecular complexity index is 695. The Morgan fingerprint density at radius 2 is 2.15 bits per heavy atom. The van der Waals surface area contributed by atoms with Gasteiger partial charge in [0, 0.05) is 19.2 Å². The first-order valence-electron chi connectivity index (χ1n) is 5.23. The molecule has 1 unspecified atom stereocenters. The van der Waals surface area contributed by atoms with Crippen LogP contribution in [-0.2, 0) is 15.0 Å². The van der Waals surface area contributed by atoms with Crippen molar-refractivity contribution in [2.75, 3.05) is 11.4 Å². The molecule has 0 bridgehead atoms. The number of amides is 1. The van der Waals surface area contributed by atoms with Gasteiger partial charge in [0.15, 0.2) is 0 Å². The molecule has 1 atom stereocenters. The number of hydrogen-bond acceptors (Lipinski definition) is 6. The predicted octanol–water partition coefficient (Wildman–Crippen LogP) is 1.16. The van der Waals surface area contributed by atoms with Gasteiger partial charge in [0.25, 0.3) is 0 Å². The molecular formula is C9H7BrFN3O5S. The van der Waals surface area contributed by atoms with Crippen LogP contribution in [0.5, 0.6) is 0 Å².